The fourth-order valence-electron chi connectivity index (χ4n) is 1.41. The number of carbonyl (C=O) groups is 1. The highest BCUT2D eigenvalue weighted by molar-refractivity contribution is 8.15. The molecule has 2 rings (SSSR count). The van der Waals surface area contributed by atoms with Gasteiger partial charge in [0, 0.05) is 0 Å². The van der Waals surface area contributed by atoms with Gasteiger partial charge in [-0.2, -0.15) is 0 Å². The van der Waals surface area contributed by atoms with Crippen LogP contribution in [0.3, 0.4) is 0 Å². The van der Waals surface area contributed by atoms with Gasteiger partial charge < -0.3 is 10.4 Å². The van der Waals surface area contributed by atoms with E-state index in [1.165, 1.54) is 11.8 Å². The van der Waals surface area contributed by atoms with E-state index in [-0.39, 0.29) is 9.99 Å². The number of carbonyl (C=O) groups excluding carboxylic acids is 1. The lowest BCUT2D eigenvalue weighted by molar-refractivity contribution is 0.0782. The van der Waals surface area contributed by atoms with Crippen molar-refractivity contribution < 1.29 is 9.90 Å². The Morgan fingerprint density at radius 3 is 2.60 bits per heavy atom. The van der Waals surface area contributed by atoms with Crippen LogP contribution in [-0.4, -0.2) is 21.3 Å². The molecule has 0 aromatic heterocycles. The van der Waals surface area contributed by atoms with Gasteiger partial charge >= 0.3 is 0 Å². The molecule has 1 atom stereocenters. The Labute approximate surface area is 63.2 Å². The summed E-state index contributed by atoms with van der Waals surface area (Å²) in [5, 5.41) is 11.7. The standard InChI is InChI=1S/C6H9NO2S/c8-4-6(2-1-3-6)10-5(9)7-4/h4,8H,1-3H2,(H,7,9). The van der Waals surface area contributed by atoms with Crippen molar-refractivity contribution in [1.82, 2.24) is 5.32 Å². The van der Waals surface area contributed by atoms with Crippen LogP contribution in [0.25, 0.3) is 0 Å². The van der Waals surface area contributed by atoms with E-state index in [0.717, 1.165) is 19.3 Å². The number of aliphatic hydroxyl groups excluding tert-OH is 1. The normalized spacial score (nSPS) is 35.7. The lowest BCUT2D eigenvalue weighted by Crippen LogP contribution is -2.46. The quantitative estimate of drug-likeness (QED) is 0.546. The second-order valence-electron chi connectivity index (χ2n) is 2.85. The summed E-state index contributed by atoms with van der Waals surface area (Å²) in [5.74, 6) is 0. The smallest absolute Gasteiger partial charge is 0.281 e. The summed E-state index contributed by atoms with van der Waals surface area (Å²) in [7, 11) is 0. The molecule has 56 valence electrons. The van der Waals surface area contributed by atoms with Gasteiger partial charge in [-0.15, -0.1) is 0 Å². The second-order valence-corrected chi connectivity index (χ2v) is 4.24. The highest BCUT2D eigenvalue weighted by atomic mass is 32.2. The number of thioether (sulfide) groups is 1. The van der Waals surface area contributed by atoms with Crippen molar-refractivity contribution in [3.05, 3.63) is 0 Å². The zero-order chi connectivity index (χ0) is 7.19. The SMILES string of the molecule is O=C1NC(O)C2(CCC2)S1. The summed E-state index contributed by atoms with van der Waals surface area (Å²) in [6.45, 7) is 0. The summed E-state index contributed by atoms with van der Waals surface area (Å²) < 4.78 is -0.142. The van der Waals surface area contributed by atoms with Gasteiger partial charge in [-0.25, -0.2) is 0 Å². The molecule has 3 nitrogen and oxygen atoms in total. The van der Waals surface area contributed by atoms with Gasteiger partial charge in [-0.05, 0) is 12.8 Å². The molecule has 0 bridgehead atoms. The molecule has 0 aromatic rings. The summed E-state index contributed by atoms with van der Waals surface area (Å²) in [5.41, 5.74) is 0. The van der Waals surface area contributed by atoms with Crippen molar-refractivity contribution in [3.63, 3.8) is 0 Å². The molecule has 1 heterocycles. The minimum Gasteiger partial charge on any atom is -0.372 e. The summed E-state index contributed by atoms with van der Waals surface area (Å²) >= 11 is 1.26. The monoisotopic (exact) mass is 159 g/mol. The van der Waals surface area contributed by atoms with Gasteiger partial charge in [0.15, 0.2) is 0 Å². The van der Waals surface area contributed by atoms with Crippen LogP contribution >= 0.6 is 11.8 Å². The average molecular weight is 159 g/mol. The Morgan fingerprint density at radius 1 is 1.70 bits per heavy atom. The molecule has 2 N–H and O–H groups in total. The Hall–Kier alpha value is -0.220. The third kappa shape index (κ3) is 0.689. The number of aliphatic hydroxyl groups is 1. The van der Waals surface area contributed by atoms with Crippen LogP contribution in [0.5, 0.6) is 0 Å². The third-order valence-electron chi connectivity index (χ3n) is 2.25. The molecule has 1 aliphatic carbocycles. The zero-order valence-electron chi connectivity index (χ0n) is 5.46. The minimum absolute atomic E-state index is 0.0767. The first-order valence-electron chi connectivity index (χ1n) is 3.41. The molecule has 1 unspecified atom stereocenters. The molecule has 4 heteroatoms. The Balaban J connectivity index is 2.15. The highest BCUT2D eigenvalue weighted by Crippen LogP contribution is 2.49. The Kier molecular flexibility index (Phi) is 1.22. The van der Waals surface area contributed by atoms with E-state index in [1.54, 1.807) is 0 Å². The maximum Gasteiger partial charge on any atom is 0.281 e. The fraction of sp³-hybridized carbons (Fsp3) is 0.833. The van der Waals surface area contributed by atoms with Crippen LogP contribution in [0.15, 0.2) is 0 Å². The van der Waals surface area contributed by atoms with Crippen LogP contribution in [0, 0.1) is 0 Å². The molecule has 1 amide bonds. The number of nitrogens with one attached hydrogen (secondary N) is 1. The van der Waals surface area contributed by atoms with Crippen molar-refractivity contribution in [2.75, 3.05) is 0 Å². The molecule has 1 spiro atoms. The minimum atomic E-state index is -0.598. The van der Waals surface area contributed by atoms with Gasteiger partial charge in [0.05, 0.1) is 4.75 Å². The summed E-state index contributed by atoms with van der Waals surface area (Å²) in [6, 6.07) is 0. The zero-order valence-corrected chi connectivity index (χ0v) is 6.28. The van der Waals surface area contributed by atoms with Crippen LogP contribution in [0.2, 0.25) is 0 Å². The van der Waals surface area contributed by atoms with Gasteiger partial charge in [0.25, 0.3) is 5.24 Å². The molecule has 1 saturated carbocycles. The Morgan fingerprint density at radius 2 is 2.40 bits per heavy atom. The molecule has 0 aromatic carbocycles. The van der Waals surface area contributed by atoms with E-state index in [1.807, 2.05) is 0 Å². The summed E-state index contributed by atoms with van der Waals surface area (Å²) in [4.78, 5) is 10.8. The highest BCUT2D eigenvalue weighted by Gasteiger charge is 2.51. The average Bonchev–Trinajstić information content (AvgIpc) is 2.04. The lowest BCUT2D eigenvalue weighted by Gasteiger charge is -2.37. The topological polar surface area (TPSA) is 49.3 Å². The first-order chi connectivity index (χ1) is 4.73. The second kappa shape index (κ2) is 1.89. The summed E-state index contributed by atoms with van der Waals surface area (Å²) in [6.07, 6.45) is 2.48. The number of rotatable bonds is 0. The van der Waals surface area contributed by atoms with Crippen molar-refractivity contribution in [1.29, 1.82) is 0 Å². The lowest BCUT2D eigenvalue weighted by atomic mass is 9.83. The molecule has 2 aliphatic rings. The van der Waals surface area contributed by atoms with Gasteiger partial charge in [0.1, 0.15) is 6.23 Å². The van der Waals surface area contributed by atoms with Gasteiger partial charge in [0.2, 0.25) is 0 Å². The molecule has 1 saturated heterocycles. The van der Waals surface area contributed by atoms with E-state index in [0.29, 0.717) is 0 Å². The van der Waals surface area contributed by atoms with Crippen LogP contribution in [0.1, 0.15) is 19.3 Å². The van der Waals surface area contributed by atoms with E-state index >= 15 is 0 Å². The predicted octanol–water partition coefficient (Wildman–Crippen LogP) is 0.684. The van der Waals surface area contributed by atoms with Crippen LogP contribution in [0.4, 0.5) is 4.79 Å². The van der Waals surface area contributed by atoms with E-state index < -0.39 is 6.23 Å². The number of amides is 1. The largest absolute Gasteiger partial charge is 0.372 e. The molecule has 2 fully saturated rings. The van der Waals surface area contributed by atoms with Crippen molar-refractivity contribution >= 4 is 17.0 Å². The molecular formula is C6H9NO2S. The van der Waals surface area contributed by atoms with Crippen LogP contribution in [-0.2, 0) is 0 Å². The first kappa shape index (κ1) is 6.49. The predicted molar refractivity (Wildman–Crippen MR) is 38.7 cm³/mol. The van der Waals surface area contributed by atoms with Gasteiger partial charge in [-0.1, -0.05) is 18.2 Å². The van der Waals surface area contributed by atoms with E-state index in [2.05, 4.69) is 5.32 Å². The third-order valence-corrected chi connectivity index (χ3v) is 3.59. The molecular weight excluding hydrogens is 150 g/mol. The van der Waals surface area contributed by atoms with Crippen molar-refractivity contribution in [2.45, 2.75) is 30.2 Å². The maximum atomic E-state index is 10.8. The number of hydrogen-bond donors (Lipinski definition) is 2. The van der Waals surface area contributed by atoms with Crippen molar-refractivity contribution in [3.8, 4) is 0 Å². The molecule has 1 aliphatic heterocycles. The van der Waals surface area contributed by atoms with Crippen molar-refractivity contribution in [2.24, 2.45) is 0 Å². The van der Waals surface area contributed by atoms with E-state index in [9.17, 15) is 9.90 Å². The van der Waals surface area contributed by atoms with Crippen LogP contribution < -0.4 is 5.32 Å². The molecule has 0 radical (unpaired) electrons. The van der Waals surface area contributed by atoms with Gasteiger partial charge in [-0.3, -0.25) is 4.79 Å². The van der Waals surface area contributed by atoms with E-state index in [4.69, 9.17) is 0 Å². The first-order valence-corrected chi connectivity index (χ1v) is 4.22. The fourth-order valence-corrected chi connectivity index (χ4v) is 2.62. The molecule has 10 heavy (non-hydrogen) atoms. The number of hydrogen-bond acceptors (Lipinski definition) is 3. The maximum absolute atomic E-state index is 10.8. The Bertz CT molecular complexity index is 179.